The summed E-state index contributed by atoms with van der Waals surface area (Å²) in [5, 5.41) is 3.32. The van der Waals surface area contributed by atoms with Gasteiger partial charge in [0.1, 0.15) is 6.54 Å². The maximum atomic E-state index is 12.4. The number of methoxy groups -OCH3 is 1. The van der Waals surface area contributed by atoms with Crippen LogP contribution in [0.25, 0.3) is 0 Å². The molecule has 7 heteroatoms. The van der Waals surface area contributed by atoms with E-state index in [9.17, 15) is 9.59 Å². The van der Waals surface area contributed by atoms with Crippen molar-refractivity contribution in [2.24, 2.45) is 0 Å². The molecule has 0 bridgehead atoms. The first kappa shape index (κ1) is 21.6. The number of carbonyl (C=O) groups excluding carboxylic acids is 2. The molecule has 1 aromatic rings. The van der Waals surface area contributed by atoms with Crippen LogP contribution in [-0.2, 0) is 14.3 Å². The third-order valence-electron chi connectivity index (χ3n) is 3.86. The molecule has 1 heterocycles. The van der Waals surface area contributed by atoms with Gasteiger partial charge in [-0.15, -0.1) is 11.3 Å². The van der Waals surface area contributed by atoms with Gasteiger partial charge in [0.15, 0.2) is 5.13 Å². The standard InChI is InChI=1S/C18H31N3O3S/c1-4-5-6-7-8-9-10-17(23)21(11-12-24-3)14-16(22)20-18-19-13-15(2)25-18/h13H,4-12,14H2,1-3H3,(H,19,20,22). The number of aromatic nitrogens is 1. The van der Waals surface area contributed by atoms with E-state index in [1.807, 2.05) is 6.92 Å². The van der Waals surface area contributed by atoms with Crippen molar-refractivity contribution < 1.29 is 14.3 Å². The molecule has 1 N–H and O–H groups in total. The van der Waals surface area contributed by atoms with Crippen molar-refractivity contribution in [3.05, 3.63) is 11.1 Å². The number of nitrogens with zero attached hydrogens (tertiary/aromatic N) is 2. The van der Waals surface area contributed by atoms with Gasteiger partial charge in [-0.25, -0.2) is 4.98 Å². The van der Waals surface area contributed by atoms with Crippen molar-refractivity contribution in [2.75, 3.05) is 32.1 Å². The van der Waals surface area contributed by atoms with Gasteiger partial charge in [-0.3, -0.25) is 9.59 Å². The summed E-state index contributed by atoms with van der Waals surface area (Å²) in [6.07, 6.45) is 9.01. The second-order valence-electron chi connectivity index (χ2n) is 6.15. The molecular formula is C18H31N3O3S. The van der Waals surface area contributed by atoms with Crippen LogP contribution in [0.15, 0.2) is 6.20 Å². The first-order valence-electron chi connectivity index (χ1n) is 9.05. The SMILES string of the molecule is CCCCCCCCC(=O)N(CCOC)CC(=O)Nc1ncc(C)s1. The van der Waals surface area contributed by atoms with Crippen LogP contribution in [0.1, 0.15) is 56.7 Å². The summed E-state index contributed by atoms with van der Waals surface area (Å²) in [6.45, 7) is 5.01. The van der Waals surface area contributed by atoms with Gasteiger partial charge in [-0.1, -0.05) is 39.0 Å². The number of carbonyl (C=O) groups is 2. The zero-order chi connectivity index (χ0) is 18.5. The average Bonchev–Trinajstić information content (AvgIpc) is 2.99. The molecule has 0 radical (unpaired) electrons. The largest absolute Gasteiger partial charge is 0.383 e. The number of hydrogen-bond acceptors (Lipinski definition) is 5. The van der Waals surface area contributed by atoms with Crippen molar-refractivity contribution in [1.29, 1.82) is 0 Å². The molecule has 1 rings (SSSR count). The molecule has 2 amide bonds. The molecule has 1 aromatic heterocycles. The molecule has 0 fully saturated rings. The van der Waals surface area contributed by atoms with Crippen LogP contribution in [0.4, 0.5) is 5.13 Å². The zero-order valence-electron chi connectivity index (χ0n) is 15.7. The first-order chi connectivity index (χ1) is 12.1. The monoisotopic (exact) mass is 369 g/mol. The van der Waals surface area contributed by atoms with Crippen LogP contribution in [-0.4, -0.2) is 48.5 Å². The number of ether oxygens (including phenoxy) is 1. The van der Waals surface area contributed by atoms with E-state index in [1.54, 1.807) is 18.2 Å². The number of rotatable bonds is 13. The Labute approximate surface area is 155 Å². The topological polar surface area (TPSA) is 71.5 Å². The fourth-order valence-corrected chi connectivity index (χ4v) is 3.13. The third-order valence-corrected chi connectivity index (χ3v) is 4.69. The number of nitrogens with one attached hydrogen (secondary N) is 1. The Morgan fingerprint density at radius 3 is 2.60 bits per heavy atom. The lowest BCUT2D eigenvalue weighted by molar-refractivity contribution is -0.135. The van der Waals surface area contributed by atoms with Crippen LogP contribution < -0.4 is 5.32 Å². The van der Waals surface area contributed by atoms with Crippen molar-refractivity contribution in [3.8, 4) is 0 Å². The lowest BCUT2D eigenvalue weighted by Crippen LogP contribution is -2.39. The molecule has 25 heavy (non-hydrogen) atoms. The maximum Gasteiger partial charge on any atom is 0.245 e. The van der Waals surface area contributed by atoms with E-state index in [4.69, 9.17) is 4.74 Å². The van der Waals surface area contributed by atoms with E-state index in [2.05, 4.69) is 17.2 Å². The molecule has 0 spiro atoms. The highest BCUT2D eigenvalue weighted by Crippen LogP contribution is 2.16. The number of aryl methyl sites for hydroxylation is 1. The van der Waals surface area contributed by atoms with E-state index in [0.29, 0.717) is 24.7 Å². The Bertz CT molecular complexity index is 519. The normalized spacial score (nSPS) is 10.7. The molecule has 6 nitrogen and oxygen atoms in total. The highest BCUT2D eigenvalue weighted by Gasteiger charge is 2.17. The number of thiazole rings is 1. The molecule has 0 aliphatic rings. The second-order valence-corrected chi connectivity index (χ2v) is 7.38. The summed E-state index contributed by atoms with van der Waals surface area (Å²) in [4.78, 5) is 31.3. The Morgan fingerprint density at radius 1 is 1.24 bits per heavy atom. The fourth-order valence-electron chi connectivity index (χ4n) is 2.45. The van der Waals surface area contributed by atoms with Gasteiger partial charge >= 0.3 is 0 Å². The Kier molecular flexibility index (Phi) is 11.1. The van der Waals surface area contributed by atoms with E-state index >= 15 is 0 Å². The van der Waals surface area contributed by atoms with E-state index < -0.39 is 0 Å². The molecule has 142 valence electrons. The van der Waals surface area contributed by atoms with Gasteiger partial charge in [0.25, 0.3) is 0 Å². The van der Waals surface area contributed by atoms with E-state index in [-0.39, 0.29) is 18.4 Å². The van der Waals surface area contributed by atoms with Crippen LogP contribution in [0.5, 0.6) is 0 Å². The summed E-state index contributed by atoms with van der Waals surface area (Å²) < 4.78 is 5.06. The van der Waals surface area contributed by atoms with Crippen LogP contribution in [0, 0.1) is 6.92 Å². The van der Waals surface area contributed by atoms with Gasteiger partial charge < -0.3 is 15.0 Å². The molecule has 0 aliphatic heterocycles. The highest BCUT2D eigenvalue weighted by molar-refractivity contribution is 7.15. The first-order valence-corrected chi connectivity index (χ1v) is 9.87. The smallest absolute Gasteiger partial charge is 0.245 e. The minimum atomic E-state index is -0.221. The van der Waals surface area contributed by atoms with Crippen molar-refractivity contribution in [1.82, 2.24) is 9.88 Å². The van der Waals surface area contributed by atoms with Gasteiger partial charge in [-0.2, -0.15) is 0 Å². The minimum absolute atomic E-state index is 0.0120. The third kappa shape index (κ3) is 9.55. The van der Waals surface area contributed by atoms with Crippen molar-refractivity contribution >= 4 is 28.3 Å². The molecule has 0 saturated heterocycles. The Hall–Kier alpha value is -1.47. The van der Waals surface area contributed by atoms with Gasteiger partial charge in [0.05, 0.1) is 6.61 Å². The van der Waals surface area contributed by atoms with Crippen LogP contribution >= 0.6 is 11.3 Å². The maximum absolute atomic E-state index is 12.4. The number of amides is 2. The average molecular weight is 370 g/mol. The summed E-state index contributed by atoms with van der Waals surface area (Å²) in [7, 11) is 1.59. The molecule has 0 atom stereocenters. The van der Waals surface area contributed by atoms with Crippen LogP contribution in [0.3, 0.4) is 0 Å². The molecule has 0 aromatic carbocycles. The van der Waals surface area contributed by atoms with Gasteiger partial charge in [0.2, 0.25) is 11.8 Å². The molecule has 0 unspecified atom stereocenters. The number of unbranched alkanes of at least 4 members (excludes halogenated alkanes) is 5. The fraction of sp³-hybridized carbons (Fsp3) is 0.722. The second kappa shape index (κ2) is 12.8. The van der Waals surface area contributed by atoms with E-state index in [0.717, 1.165) is 17.7 Å². The van der Waals surface area contributed by atoms with Gasteiger partial charge in [-0.05, 0) is 13.3 Å². The Morgan fingerprint density at radius 2 is 1.96 bits per heavy atom. The van der Waals surface area contributed by atoms with E-state index in [1.165, 1.54) is 37.0 Å². The molecule has 0 saturated carbocycles. The minimum Gasteiger partial charge on any atom is -0.383 e. The summed E-state index contributed by atoms with van der Waals surface area (Å²) in [5.41, 5.74) is 0. The Balaban J connectivity index is 2.40. The highest BCUT2D eigenvalue weighted by atomic mass is 32.1. The summed E-state index contributed by atoms with van der Waals surface area (Å²) >= 11 is 1.42. The molecule has 0 aliphatic carbocycles. The quantitative estimate of drug-likeness (QED) is 0.539. The molecular weight excluding hydrogens is 338 g/mol. The predicted octanol–water partition coefficient (Wildman–Crippen LogP) is 3.62. The van der Waals surface area contributed by atoms with Crippen molar-refractivity contribution in [2.45, 2.75) is 58.8 Å². The summed E-state index contributed by atoms with van der Waals surface area (Å²) in [6, 6.07) is 0. The zero-order valence-corrected chi connectivity index (χ0v) is 16.5. The summed E-state index contributed by atoms with van der Waals surface area (Å²) in [5.74, 6) is -0.209. The van der Waals surface area contributed by atoms with Gasteiger partial charge in [0, 0.05) is 31.1 Å². The number of hydrogen-bond donors (Lipinski definition) is 1. The lowest BCUT2D eigenvalue weighted by atomic mass is 10.1. The van der Waals surface area contributed by atoms with Crippen LogP contribution in [0.2, 0.25) is 0 Å². The van der Waals surface area contributed by atoms with Crippen molar-refractivity contribution in [3.63, 3.8) is 0 Å². The number of anilines is 1. The lowest BCUT2D eigenvalue weighted by Gasteiger charge is -2.21. The predicted molar refractivity (Wildman–Crippen MR) is 102 cm³/mol.